The first-order chi connectivity index (χ1) is 14.6. The number of aromatic nitrogens is 4. The molecule has 0 aliphatic carbocycles. The number of hydrogen-bond acceptors (Lipinski definition) is 7. The van der Waals surface area contributed by atoms with Gasteiger partial charge in [-0.3, -0.25) is 14.3 Å². The molecule has 5 rings (SSSR count). The SMILES string of the molecule is Cn1c(N2CCN(c3noc4cc(F)ccc34)CC2)nc(-c2ccncc2)cc1=O. The molecule has 0 bridgehead atoms. The van der Waals surface area contributed by atoms with Crippen LogP contribution in [0.2, 0.25) is 0 Å². The van der Waals surface area contributed by atoms with Gasteiger partial charge in [-0.2, -0.15) is 0 Å². The third-order valence-electron chi connectivity index (χ3n) is 5.36. The van der Waals surface area contributed by atoms with Crippen LogP contribution < -0.4 is 15.4 Å². The van der Waals surface area contributed by atoms with Crippen molar-refractivity contribution in [2.24, 2.45) is 7.05 Å². The van der Waals surface area contributed by atoms with Crippen LogP contribution in [-0.2, 0) is 7.05 Å². The maximum atomic E-state index is 13.4. The second-order valence-electron chi connectivity index (χ2n) is 7.20. The van der Waals surface area contributed by atoms with E-state index in [4.69, 9.17) is 9.51 Å². The van der Waals surface area contributed by atoms with Crippen LogP contribution in [0.25, 0.3) is 22.2 Å². The lowest BCUT2D eigenvalue weighted by Crippen LogP contribution is -2.48. The minimum Gasteiger partial charge on any atom is -0.354 e. The van der Waals surface area contributed by atoms with Crippen molar-refractivity contribution in [1.82, 2.24) is 19.7 Å². The molecular formula is C21H19FN6O2. The summed E-state index contributed by atoms with van der Waals surface area (Å²) in [7, 11) is 1.73. The summed E-state index contributed by atoms with van der Waals surface area (Å²) in [4.78, 5) is 25.5. The molecule has 0 atom stereocenters. The van der Waals surface area contributed by atoms with Gasteiger partial charge in [0.1, 0.15) is 5.82 Å². The third kappa shape index (κ3) is 3.18. The van der Waals surface area contributed by atoms with Crippen molar-refractivity contribution < 1.29 is 8.91 Å². The Kier molecular flexibility index (Phi) is 4.42. The second-order valence-corrected chi connectivity index (χ2v) is 7.20. The number of rotatable bonds is 3. The Bertz CT molecular complexity index is 1260. The van der Waals surface area contributed by atoms with Crippen LogP contribution in [-0.4, -0.2) is 45.9 Å². The fourth-order valence-corrected chi connectivity index (χ4v) is 3.73. The van der Waals surface area contributed by atoms with Crippen LogP contribution in [0.1, 0.15) is 0 Å². The van der Waals surface area contributed by atoms with Gasteiger partial charge >= 0.3 is 0 Å². The van der Waals surface area contributed by atoms with E-state index >= 15 is 0 Å². The number of halogens is 1. The van der Waals surface area contributed by atoms with Gasteiger partial charge in [0.05, 0.1) is 11.1 Å². The van der Waals surface area contributed by atoms with Crippen molar-refractivity contribution in [2.75, 3.05) is 36.0 Å². The lowest BCUT2D eigenvalue weighted by atomic mass is 10.2. The number of hydrogen-bond donors (Lipinski definition) is 0. The fraction of sp³-hybridized carbons (Fsp3) is 0.238. The predicted octanol–water partition coefficient (Wildman–Crippen LogP) is 2.45. The minimum atomic E-state index is -0.351. The van der Waals surface area contributed by atoms with E-state index in [0.717, 1.165) is 10.9 Å². The van der Waals surface area contributed by atoms with Crippen LogP contribution in [0.15, 0.2) is 58.1 Å². The van der Waals surface area contributed by atoms with E-state index < -0.39 is 0 Å². The molecule has 1 fully saturated rings. The van der Waals surface area contributed by atoms with Gasteiger partial charge < -0.3 is 14.3 Å². The Morgan fingerprint density at radius 3 is 2.50 bits per heavy atom. The first-order valence-corrected chi connectivity index (χ1v) is 9.63. The Morgan fingerprint density at radius 2 is 1.73 bits per heavy atom. The highest BCUT2D eigenvalue weighted by Crippen LogP contribution is 2.28. The highest BCUT2D eigenvalue weighted by Gasteiger charge is 2.24. The van der Waals surface area contributed by atoms with E-state index in [1.807, 2.05) is 12.1 Å². The van der Waals surface area contributed by atoms with Gasteiger partial charge in [0.15, 0.2) is 11.4 Å². The highest BCUT2D eigenvalue weighted by molar-refractivity contribution is 5.88. The molecule has 0 N–H and O–H groups in total. The first kappa shape index (κ1) is 18.3. The molecule has 1 aromatic carbocycles. The topological polar surface area (TPSA) is 80.3 Å². The molecule has 0 spiro atoms. The molecule has 0 saturated carbocycles. The Labute approximate surface area is 171 Å². The molecule has 0 radical (unpaired) electrons. The van der Waals surface area contributed by atoms with E-state index in [1.54, 1.807) is 30.1 Å². The van der Waals surface area contributed by atoms with Gasteiger partial charge in [0.2, 0.25) is 5.95 Å². The Hall–Kier alpha value is -3.75. The quantitative estimate of drug-likeness (QED) is 0.517. The second kappa shape index (κ2) is 7.25. The summed E-state index contributed by atoms with van der Waals surface area (Å²) in [6.07, 6.45) is 3.36. The van der Waals surface area contributed by atoms with Crippen LogP contribution >= 0.6 is 0 Å². The number of nitrogens with zero attached hydrogens (tertiary/aromatic N) is 6. The summed E-state index contributed by atoms with van der Waals surface area (Å²) >= 11 is 0. The van der Waals surface area contributed by atoms with E-state index in [-0.39, 0.29) is 11.4 Å². The first-order valence-electron chi connectivity index (χ1n) is 9.63. The molecule has 4 aromatic rings. The van der Waals surface area contributed by atoms with Crippen molar-refractivity contribution in [1.29, 1.82) is 0 Å². The van der Waals surface area contributed by atoms with Gasteiger partial charge in [0.25, 0.3) is 5.56 Å². The minimum absolute atomic E-state index is 0.112. The zero-order valence-corrected chi connectivity index (χ0v) is 16.3. The number of fused-ring (bicyclic) bond motifs is 1. The molecule has 30 heavy (non-hydrogen) atoms. The van der Waals surface area contributed by atoms with Crippen LogP contribution in [0.5, 0.6) is 0 Å². The van der Waals surface area contributed by atoms with Crippen LogP contribution in [0, 0.1) is 5.82 Å². The van der Waals surface area contributed by atoms with Crippen molar-refractivity contribution in [3.8, 4) is 11.3 Å². The lowest BCUT2D eigenvalue weighted by Gasteiger charge is -2.35. The van der Waals surface area contributed by atoms with Gasteiger partial charge in [-0.25, -0.2) is 9.37 Å². The van der Waals surface area contributed by atoms with Gasteiger partial charge in [-0.05, 0) is 24.3 Å². The molecule has 1 saturated heterocycles. The molecule has 9 heteroatoms. The number of anilines is 2. The average Bonchev–Trinajstić information content (AvgIpc) is 3.19. The Morgan fingerprint density at radius 1 is 1.00 bits per heavy atom. The number of benzene rings is 1. The fourth-order valence-electron chi connectivity index (χ4n) is 3.73. The summed E-state index contributed by atoms with van der Waals surface area (Å²) in [5, 5.41) is 4.92. The maximum absolute atomic E-state index is 13.4. The molecule has 1 aliphatic heterocycles. The summed E-state index contributed by atoms with van der Waals surface area (Å²) in [6.45, 7) is 2.67. The smallest absolute Gasteiger partial charge is 0.255 e. The summed E-state index contributed by atoms with van der Waals surface area (Å²) in [5.41, 5.74) is 1.80. The molecule has 4 heterocycles. The summed E-state index contributed by atoms with van der Waals surface area (Å²) < 4.78 is 20.3. The van der Waals surface area contributed by atoms with Crippen LogP contribution in [0.4, 0.5) is 16.2 Å². The molecule has 0 unspecified atom stereocenters. The number of piperazine rings is 1. The van der Waals surface area contributed by atoms with Crippen molar-refractivity contribution in [3.05, 3.63) is 65.0 Å². The molecule has 8 nitrogen and oxygen atoms in total. The standard InChI is InChI=1S/C21H19FN6O2/c1-26-19(29)13-17(14-4-6-23-7-5-14)24-21(26)28-10-8-27(9-11-28)20-16-3-2-15(22)12-18(16)30-25-20/h2-7,12-13H,8-11H2,1H3. The largest absolute Gasteiger partial charge is 0.354 e. The molecule has 0 amide bonds. The number of pyridine rings is 1. The van der Waals surface area contributed by atoms with Crippen molar-refractivity contribution >= 4 is 22.7 Å². The molecule has 152 valence electrons. The van der Waals surface area contributed by atoms with Gasteiger partial charge in [-0.1, -0.05) is 5.16 Å². The van der Waals surface area contributed by atoms with E-state index in [0.29, 0.717) is 49.2 Å². The van der Waals surface area contributed by atoms with Crippen molar-refractivity contribution in [3.63, 3.8) is 0 Å². The van der Waals surface area contributed by atoms with E-state index in [2.05, 4.69) is 19.9 Å². The van der Waals surface area contributed by atoms with E-state index in [9.17, 15) is 9.18 Å². The zero-order chi connectivity index (χ0) is 20.7. The third-order valence-corrected chi connectivity index (χ3v) is 5.36. The summed E-state index contributed by atoms with van der Waals surface area (Å²) in [6, 6.07) is 9.64. The Balaban J connectivity index is 1.40. The van der Waals surface area contributed by atoms with Gasteiger partial charge in [-0.15, -0.1) is 0 Å². The molecular weight excluding hydrogens is 387 g/mol. The lowest BCUT2D eigenvalue weighted by molar-refractivity contribution is 0.451. The van der Waals surface area contributed by atoms with Gasteiger partial charge in [0, 0.05) is 63.3 Å². The average molecular weight is 406 g/mol. The zero-order valence-electron chi connectivity index (χ0n) is 16.3. The molecule has 3 aromatic heterocycles. The normalized spacial score (nSPS) is 14.5. The van der Waals surface area contributed by atoms with Crippen molar-refractivity contribution in [2.45, 2.75) is 0 Å². The van der Waals surface area contributed by atoms with Crippen LogP contribution in [0.3, 0.4) is 0 Å². The highest BCUT2D eigenvalue weighted by atomic mass is 19.1. The maximum Gasteiger partial charge on any atom is 0.255 e. The van der Waals surface area contributed by atoms with E-state index in [1.165, 1.54) is 18.2 Å². The predicted molar refractivity (Wildman–Crippen MR) is 111 cm³/mol. The monoisotopic (exact) mass is 406 g/mol. The summed E-state index contributed by atoms with van der Waals surface area (Å²) in [5.74, 6) is 0.981. The molecule has 1 aliphatic rings.